The molecule has 2 aliphatic rings. The molecular formula is C14H29N3. The first-order valence-electron chi connectivity index (χ1n) is 7.56. The number of likely N-dealkylation sites (N-methyl/N-ethyl adjacent to an activating group) is 1. The summed E-state index contributed by atoms with van der Waals surface area (Å²) in [7, 11) is 0. The van der Waals surface area contributed by atoms with Gasteiger partial charge in [-0.15, -0.1) is 0 Å². The molecule has 0 aromatic rings. The van der Waals surface area contributed by atoms with Crippen molar-refractivity contribution in [2.45, 2.75) is 45.1 Å². The van der Waals surface area contributed by atoms with Crippen LogP contribution in [-0.2, 0) is 0 Å². The normalized spacial score (nSPS) is 29.8. The standard InChI is InChI=1S/C14H29N3/c1-2-16-9-11-17(12-10-16)13-14-7-5-3-4-6-8-15-14/h14-15H,2-13H2,1H3. The molecule has 17 heavy (non-hydrogen) atoms. The Morgan fingerprint density at radius 3 is 2.41 bits per heavy atom. The third-order valence-corrected chi connectivity index (χ3v) is 4.30. The van der Waals surface area contributed by atoms with Gasteiger partial charge >= 0.3 is 0 Å². The highest BCUT2D eigenvalue weighted by atomic mass is 15.3. The molecule has 0 spiro atoms. The Hall–Kier alpha value is -0.120. The lowest BCUT2D eigenvalue weighted by molar-refractivity contribution is 0.124. The van der Waals surface area contributed by atoms with Gasteiger partial charge in [0.2, 0.25) is 0 Å². The predicted octanol–water partition coefficient (Wildman–Crippen LogP) is 1.55. The fourth-order valence-electron chi connectivity index (χ4n) is 3.03. The second kappa shape index (κ2) is 7.34. The van der Waals surface area contributed by atoms with Crippen molar-refractivity contribution in [3.8, 4) is 0 Å². The molecule has 1 atom stereocenters. The molecule has 0 aromatic carbocycles. The van der Waals surface area contributed by atoms with Gasteiger partial charge in [0.25, 0.3) is 0 Å². The van der Waals surface area contributed by atoms with Gasteiger partial charge in [0.15, 0.2) is 0 Å². The SMILES string of the molecule is CCN1CCN(CC2CCCCCCN2)CC1. The average Bonchev–Trinajstić information content (AvgIpc) is 2.33. The van der Waals surface area contributed by atoms with E-state index in [0.717, 1.165) is 6.04 Å². The molecule has 2 saturated heterocycles. The number of hydrogen-bond acceptors (Lipinski definition) is 3. The first kappa shape index (κ1) is 13.3. The van der Waals surface area contributed by atoms with Crippen LogP contribution in [0.1, 0.15) is 39.0 Å². The maximum absolute atomic E-state index is 3.74. The minimum atomic E-state index is 0.753. The highest BCUT2D eigenvalue weighted by molar-refractivity contribution is 4.78. The largest absolute Gasteiger partial charge is 0.313 e. The van der Waals surface area contributed by atoms with Crippen molar-refractivity contribution in [2.24, 2.45) is 0 Å². The highest BCUT2D eigenvalue weighted by Gasteiger charge is 2.19. The Labute approximate surface area is 107 Å². The summed E-state index contributed by atoms with van der Waals surface area (Å²) in [5, 5.41) is 3.74. The van der Waals surface area contributed by atoms with Crippen LogP contribution in [0.25, 0.3) is 0 Å². The monoisotopic (exact) mass is 239 g/mol. The van der Waals surface area contributed by atoms with E-state index in [1.165, 1.54) is 77.9 Å². The number of rotatable bonds is 3. The molecule has 1 unspecified atom stereocenters. The number of piperazine rings is 1. The van der Waals surface area contributed by atoms with Crippen LogP contribution in [0.15, 0.2) is 0 Å². The van der Waals surface area contributed by atoms with Crippen LogP contribution in [0.3, 0.4) is 0 Å². The Bertz CT molecular complexity index is 192. The van der Waals surface area contributed by atoms with Gasteiger partial charge in [-0.2, -0.15) is 0 Å². The Morgan fingerprint density at radius 2 is 1.65 bits per heavy atom. The molecule has 0 aliphatic carbocycles. The van der Waals surface area contributed by atoms with E-state index in [0.29, 0.717) is 0 Å². The number of nitrogens with zero attached hydrogens (tertiary/aromatic N) is 2. The Balaban J connectivity index is 1.68. The van der Waals surface area contributed by atoms with Crippen LogP contribution in [-0.4, -0.2) is 61.7 Å². The summed E-state index contributed by atoms with van der Waals surface area (Å²) < 4.78 is 0. The fraction of sp³-hybridized carbons (Fsp3) is 1.00. The fourth-order valence-corrected chi connectivity index (χ4v) is 3.03. The molecule has 2 aliphatic heterocycles. The van der Waals surface area contributed by atoms with E-state index in [2.05, 4.69) is 22.0 Å². The lowest BCUT2D eigenvalue weighted by atomic mass is 10.0. The van der Waals surface area contributed by atoms with Crippen molar-refractivity contribution in [2.75, 3.05) is 45.8 Å². The van der Waals surface area contributed by atoms with E-state index < -0.39 is 0 Å². The molecule has 0 aromatic heterocycles. The van der Waals surface area contributed by atoms with Crippen molar-refractivity contribution >= 4 is 0 Å². The first-order valence-corrected chi connectivity index (χ1v) is 7.56. The van der Waals surface area contributed by atoms with Gasteiger partial charge in [0.05, 0.1) is 0 Å². The quantitative estimate of drug-likeness (QED) is 0.806. The molecule has 3 nitrogen and oxygen atoms in total. The van der Waals surface area contributed by atoms with Crippen molar-refractivity contribution < 1.29 is 0 Å². The molecule has 2 rings (SSSR count). The van der Waals surface area contributed by atoms with Gasteiger partial charge in [0.1, 0.15) is 0 Å². The topological polar surface area (TPSA) is 18.5 Å². The molecular weight excluding hydrogens is 210 g/mol. The van der Waals surface area contributed by atoms with E-state index in [4.69, 9.17) is 0 Å². The highest BCUT2D eigenvalue weighted by Crippen LogP contribution is 2.11. The van der Waals surface area contributed by atoms with Crippen LogP contribution in [0, 0.1) is 0 Å². The number of nitrogens with one attached hydrogen (secondary N) is 1. The molecule has 100 valence electrons. The van der Waals surface area contributed by atoms with Crippen molar-refractivity contribution in [3.05, 3.63) is 0 Å². The van der Waals surface area contributed by atoms with Crippen LogP contribution in [0.2, 0.25) is 0 Å². The first-order chi connectivity index (χ1) is 8.38. The zero-order valence-corrected chi connectivity index (χ0v) is 11.5. The summed E-state index contributed by atoms with van der Waals surface area (Å²) in [6, 6.07) is 0.753. The smallest absolute Gasteiger partial charge is 0.0195 e. The molecule has 0 radical (unpaired) electrons. The minimum Gasteiger partial charge on any atom is -0.313 e. The molecule has 0 amide bonds. The van der Waals surface area contributed by atoms with Gasteiger partial charge in [-0.25, -0.2) is 0 Å². The zero-order valence-electron chi connectivity index (χ0n) is 11.5. The lowest BCUT2D eigenvalue weighted by Gasteiger charge is -2.36. The summed E-state index contributed by atoms with van der Waals surface area (Å²) in [5.41, 5.74) is 0. The maximum atomic E-state index is 3.74. The molecule has 0 bridgehead atoms. The Kier molecular flexibility index (Phi) is 5.75. The van der Waals surface area contributed by atoms with Crippen molar-refractivity contribution in [3.63, 3.8) is 0 Å². The van der Waals surface area contributed by atoms with Gasteiger partial charge < -0.3 is 10.2 Å². The van der Waals surface area contributed by atoms with E-state index in [1.54, 1.807) is 0 Å². The summed E-state index contributed by atoms with van der Waals surface area (Å²) >= 11 is 0. The van der Waals surface area contributed by atoms with Gasteiger partial charge in [0, 0.05) is 38.8 Å². The van der Waals surface area contributed by atoms with E-state index >= 15 is 0 Å². The Morgan fingerprint density at radius 1 is 0.941 bits per heavy atom. The van der Waals surface area contributed by atoms with Gasteiger partial charge in [-0.1, -0.05) is 26.2 Å². The van der Waals surface area contributed by atoms with Gasteiger partial charge in [-0.3, -0.25) is 4.90 Å². The predicted molar refractivity (Wildman–Crippen MR) is 73.4 cm³/mol. The van der Waals surface area contributed by atoms with E-state index in [1.807, 2.05) is 0 Å². The van der Waals surface area contributed by atoms with E-state index in [-0.39, 0.29) is 0 Å². The average molecular weight is 239 g/mol. The minimum absolute atomic E-state index is 0.753. The van der Waals surface area contributed by atoms with Crippen LogP contribution >= 0.6 is 0 Å². The third-order valence-electron chi connectivity index (χ3n) is 4.30. The molecule has 2 fully saturated rings. The third kappa shape index (κ3) is 4.57. The summed E-state index contributed by atoms with van der Waals surface area (Å²) in [4.78, 5) is 5.22. The molecule has 2 heterocycles. The molecule has 1 N–H and O–H groups in total. The van der Waals surface area contributed by atoms with E-state index in [9.17, 15) is 0 Å². The van der Waals surface area contributed by atoms with Crippen LogP contribution in [0.4, 0.5) is 0 Å². The molecule has 0 saturated carbocycles. The van der Waals surface area contributed by atoms with Crippen LogP contribution in [0.5, 0.6) is 0 Å². The molecule has 3 heteroatoms. The van der Waals surface area contributed by atoms with Gasteiger partial charge in [-0.05, 0) is 25.9 Å². The second-order valence-corrected chi connectivity index (χ2v) is 5.59. The number of hydrogen-bond donors (Lipinski definition) is 1. The second-order valence-electron chi connectivity index (χ2n) is 5.59. The zero-order chi connectivity index (χ0) is 11.9. The maximum Gasteiger partial charge on any atom is 0.0195 e. The summed E-state index contributed by atoms with van der Waals surface area (Å²) in [5.74, 6) is 0. The van der Waals surface area contributed by atoms with Crippen LogP contribution < -0.4 is 5.32 Å². The lowest BCUT2D eigenvalue weighted by Crippen LogP contribution is -2.50. The summed E-state index contributed by atoms with van der Waals surface area (Å²) in [6.45, 7) is 11.1. The summed E-state index contributed by atoms with van der Waals surface area (Å²) in [6.07, 6.45) is 7.05. The van der Waals surface area contributed by atoms with Crippen molar-refractivity contribution in [1.82, 2.24) is 15.1 Å². The van der Waals surface area contributed by atoms with Crippen molar-refractivity contribution in [1.29, 1.82) is 0 Å².